The number of hydrogen-bond donors (Lipinski definition) is 1. The zero-order chi connectivity index (χ0) is 26.6. The maximum absolute atomic E-state index is 14.6. The summed E-state index contributed by atoms with van der Waals surface area (Å²) in [6.45, 7) is -0.336. The molecule has 1 fully saturated rings. The molecule has 2 heterocycles. The van der Waals surface area contributed by atoms with Gasteiger partial charge in [0.2, 0.25) is 17.6 Å². The van der Waals surface area contributed by atoms with Crippen molar-refractivity contribution in [2.24, 2.45) is 0 Å². The lowest BCUT2D eigenvalue weighted by molar-refractivity contribution is -0.144. The van der Waals surface area contributed by atoms with Crippen LogP contribution in [0.2, 0.25) is 5.02 Å². The molecule has 2 aliphatic rings. The van der Waals surface area contributed by atoms with Crippen molar-refractivity contribution in [1.82, 2.24) is 10.2 Å². The number of amides is 3. The zero-order valence-electron chi connectivity index (χ0n) is 20.4. The average Bonchev–Trinajstić information content (AvgIpc) is 3.17. The Bertz CT molecular complexity index is 1280. The van der Waals surface area contributed by atoms with E-state index in [0.717, 1.165) is 17.0 Å². The van der Waals surface area contributed by atoms with Crippen molar-refractivity contribution in [1.29, 1.82) is 0 Å². The van der Waals surface area contributed by atoms with Crippen LogP contribution in [0.3, 0.4) is 0 Å². The van der Waals surface area contributed by atoms with Crippen LogP contribution >= 0.6 is 11.6 Å². The minimum atomic E-state index is -3.84. The zero-order valence-corrected chi connectivity index (χ0v) is 17.2. The average molecular weight is 465 g/mol. The van der Waals surface area contributed by atoms with E-state index in [-0.39, 0.29) is 28.3 Å². The molecule has 0 spiro atoms. The second-order valence-electron chi connectivity index (χ2n) is 7.26. The van der Waals surface area contributed by atoms with Gasteiger partial charge in [-0.15, -0.1) is 0 Å². The first-order valence-electron chi connectivity index (χ1n) is 11.8. The van der Waals surface area contributed by atoms with Gasteiger partial charge in [-0.1, -0.05) is 35.9 Å². The first-order chi connectivity index (χ1) is 16.8. The number of fused-ring (bicyclic) bond motifs is 1. The molecule has 2 aliphatic heterocycles. The topological polar surface area (TPSA) is 83.6 Å². The van der Waals surface area contributed by atoms with Gasteiger partial charge in [0, 0.05) is 39.6 Å². The van der Waals surface area contributed by atoms with Crippen molar-refractivity contribution in [3.05, 3.63) is 69.7 Å². The Morgan fingerprint density at radius 3 is 2.69 bits per heavy atom. The van der Waals surface area contributed by atoms with Crippen LogP contribution < -0.4 is 5.32 Å². The van der Waals surface area contributed by atoms with Crippen molar-refractivity contribution in [2.45, 2.75) is 44.1 Å². The van der Waals surface area contributed by atoms with Gasteiger partial charge < -0.3 is 4.90 Å². The minimum Gasteiger partial charge on any atom is -0.322 e. The Morgan fingerprint density at radius 1 is 1.25 bits per heavy atom. The summed E-state index contributed by atoms with van der Waals surface area (Å²) in [4.78, 5) is 50.1. The Morgan fingerprint density at radius 2 is 1.97 bits per heavy atom. The second-order valence-corrected chi connectivity index (χ2v) is 7.69. The van der Waals surface area contributed by atoms with Crippen molar-refractivity contribution < 1.29 is 33.4 Å². The second kappa shape index (κ2) is 8.43. The third-order valence-corrected chi connectivity index (χ3v) is 5.42. The van der Waals surface area contributed by atoms with Gasteiger partial charge in [-0.2, -0.15) is 8.78 Å². The molecule has 0 radical (unpaired) electrons. The van der Waals surface area contributed by atoms with Gasteiger partial charge in [0.15, 0.2) is 0 Å². The van der Waals surface area contributed by atoms with Crippen LogP contribution in [0, 0.1) is 0 Å². The summed E-state index contributed by atoms with van der Waals surface area (Å²) < 4.78 is 61.9. The number of halogens is 3. The van der Waals surface area contributed by atoms with Gasteiger partial charge in [-0.25, -0.2) is 0 Å². The summed E-state index contributed by atoms with van der Waals surface area (Å²) >= 11 is 5.70. The van der Waals surface area contributed by atoms with E-state index in [1.54, 1.807) is 0 Å². The van der Waals surface area contributed by atoms with Crippen LogP contribution in [0.5, 0.6) is 0 Å². The van der Waals surface area contributed by atoms with Gasteiger partial charge in [-0.3, -0.25) is 24.5 Å². The highest BCUT2D eigenvalue weighted by atomic mass is 35.5. The molecule has 4 rings (SSSR count). The standard InChI is InChI=1S/C23H19ClF2N2O4/c24-16-5-3-15(4-6-16)23(25,26)19(29)9-2-13-1-7-17-14(11-13)12-28(22(17)32)18-8-10-20(30)27-21(18)31/h1,3-7,11,18H,2,8-10,12H2,(H,27,30,31)/t18-/m1/s1/i2D,8D,10D,18D/t2?,8?,10?,18-. The van der Waals surface area contributed by atoms with E-state index in [1.807, 2.05) is 5.32 Å². The molecule has 166 valence electrons. The largest absolute Gasteiger partial charge is 0.330 e. The molecule has 2 aromatic rings. The maximum atomic E-state index is 14.6. The van der Waals surface area contributed by atoms with Gasteiger partial charge in [-0.05, 0) is 42.1 Å². The molecule has 6 nitrogen and oxygen atoms in total. The van der Waals surface area contributed by atoms with Crippen molar-refractivity contribution >= 4 is 35.1 Å². The van der Waals surface area contributed by atoms with Gasteiger partial charge in [0.1, 0.15) is 6.02 Å². The van der Waals surface area contributed by atoms with Crippen molar-refractivity contribution in [2.75, 3.05) is 0 Å². The number of ketones is 1. The number of carbonyl (C=O) groups excluding carboxylic acids is 4. The number of imide groups is 1. The molecule has 32 heavy (non-hydrogen) atoms. The highest BCUT2D eigenvalue weighted by Gasteiger charge is 2.41. The van der Waals surface area contributed by atoms with E-state index in [4.69, 9.17) is 17.1 Å². The summed E-state index contributed by atoms with van der Waals surface area (Å²) in [6.07, 6.45) is -5.85. The highest BCUT2D eigenvalue weighted by molar-refractivity contribution is 6.30. The third-order valence-electron chi connectivity index (χ3n) is 5.17. The van der Waals surface area contributed by atoms with Crippen molar-refractivity contribution in [3.8, 4) is 0 Å². The molecule has 9 heteroatoms. The monoisotopic (exact) mass is 464 g/mol. The van der Waals surface area contributed by atoms with E-state index in [9.17, 15) is 28.0 Å². The van der Waals surface area contributed by atoms with Crippen LogP contribution in [0.15, 0.2) is 42.5 Å². The van der Waals surface area contributed by atoms with Crippen LogP contribution in [0.4, 0.5) is 8.78 Å². The Hall–Kier alpha value is -3.13. The number of rotatable bonds is 6. The normalized spacial score (nSPS) is 28.2. The lowest BCUT2D eigenvalue weighted by Crippen LogP contribution is -2.52. The molecular formula is C23H19ClF2N2O4. The molecule has 3 unspecified atom stereocenters. The van der Waals surface area contributed by atoms with Crippen LogP contribution in [0.25, 0.3) is 0 Å². The molecule has 0 aliphatic carbocycles. The molecule has 0 bridgehead atoms. The van der Waals surface area contributed by atoms with Gasteiger partial charge >= 0.3 is 5.92 Å². The Balaban J connectivity index is 1.54. The summed E-state index contributed by atoms with van der Waals surface area (Å²) in [5.74, 6) is -8.34. The molecule has 1 N–H and O–H groups in total. The van der Waals surface area contributed by atoms with Crippen LogP contribution in [-0.4, -0.2) is 34.4 Å². The fraction of sp³-hybridized carbons (Fsp3) is 0.304. The summed E-state index contributed by atoms with van der Waals surface area (Å²) in [5.41, 5.74) is -0.0702. The Kier molecular flexibility index (Phi) is 4.59. The maximum Gasteiger partial charge on any atom is 0.330 e. The predicted octanol–water partition coefficient (Wildman–Crippen LogP) is 3.39. The Labute approximate surface area is 193 Å². The summed E-state index contributed by atoms with van der Waals surface area (Å²) in [5, 5.41) is 2.07. The molecule has 1 saturated heterocycles. The molecule has 0 aromatic heterocycles. The number of carbonyl (C=O) groups is 4. The minimum absolute atomic E-state index is 0.0637. The van der Waals surface area contributed by atoms with Crippen LogP contribution in [0.1, 0.15) is 51.7 Å². The van der Waals surface area contributed by atoms with Gasteiger partial charge in [0.05, 0.1) is 1.37 Å². The fourth-order valence-corrected chi connectivity index (χ4v) is 3.61. The summed E-state index contributed by atoms with van der Waals surface area (Å²) in [7, 11) is 0. The lowest BCUT2D eigenvalue weighted by atomic mass is 9.97. The number of Topliss-reactive ketones (excluding diaryl/α,β-unsaturated/α-hetero) is 1. The number of nitrogens with zero attached hydrogens (tertiary/aromatic N) is 1. The third kappa shape index (κ3) is 4.14. The smallest absolute Gasteiger partial charge is 0.322 e. The van der Waals surface area contributed by atoms with Crippen molar-refractivity contribution in [3.63, 3.8) is 0 Å². The number of benzene rings is 2. The SMILES string of the molecule is [2H]C(CC(=O)C(F)(F)c1ccc(Cl)cc1)c1ccc2c(c1)CN([C@@]1([2H])C(=O)NC(=O)C([2H])C1[2H])C2=O. The first kappa shape index (κ1) is 17.4. The lowest BCUT2D eigenvalue weighted by Gasteiger charge is -2.29. The number of hydrogen-bond acceptors (Lipinski definition) is 4. The highest BCUT2D eigenvalue weighted by Crippen LogP contribution is 2.32. The van der Waals surface area contributed by atoms with E-state index in [1.165, 1.54) is 30.3 Å². The van der Waals surface area contributed by atoms with E-state index in [2.05, 4.69) is 0 Å². The van der Waals surface area contributed by atoms with Gasteiger partial charge in [0.25, 0.3) is 5.91 Å². The molecule has 0 saturated carbocycles. The molecule has 4 atom stereocenters. The number of nitrogens with one attached hydrogen (secondary N) is 1. The number of piperidine rings is 1. The molecular weight excluding hydrogens is 442 g/mol. The first-order valence-corrected chi connectivity index (χ1v) is 9.90. The molecule has 2 aromatic carbocycles. The van der Waals surface area contributed by atoms with E-state index < -0.39 is 66.6 Å². The summed E-state index contributed by atoms with van der Waals surface area (Å²) in [6, 6.07) is 5.93. The molecule has 3 amide bonds. The fourth-order valence-electron chi connectivity index (χ4n) is 3.48. The number of alkyl halides is 2. The van der Waals surface area contributed by atoms with E-state index in [0.29, 0.717) is 0 Å². The predicted molar refractivity (Wildman–Crippen MR) is 111 cm³/mol. The quantitative estimate of drug-likeness (QED) is 0.664. The van der Waals surface area contributed by atoms with Crippen LogP contribution in [-0.2, 0) is 33.2 Å². The number of aryl methyl sites for hydroxylation is 1. The van der Waals surface area contributed by atoms with E-state index >= 15 is 0 Å².